The van der Waals surface area contributed by atoms with Crippen LogP contribution in [0.1, 0.15) is 0 Å². The Morgan fingerprint density at radius 1 is 1.14 bits per heavy atom. The first-order valence-corrected chi connectivity index (χ1v) is 5.35. The van der Waals surface area contributed by atoms with Crippen molar-refractivity contribution < 1.29 is 0 Å². The van der Waals surface area contributed by atoms with Gasteiger partial charge in [0.25, 0.3) is 0 Å². The van der Waals surface area contributed by atoms with Crippen LogP contribution in [-0.2, 0) is 0 Å². The van der Waals surface area contributed by atoms with Crippen LogP contribution in [0.15, 0.2) is 47.3 Å². The van der Waals surface area contributed by atoms with Crippen molar-refractivity contribution in [2.45, 2.75) is 0 Å². The second kappa shape index (κ2) is 2.96. The van der Waals surface area contributed by atoms with E-state index in [0.717, 1.165) is 11.2 Å². The molecule has 0 saturated carbocycles. The Morgan fingerprint density at radius 3 is 2.93 bits per heavy atom. The zero-order chi connectivity index (χ0) is 9.38. The summed E-state index contributed by atoms with van der Waals surface area (Å²) >= 11 is 1.69. The van der Waals surface area contributed by atoms with Crippen LogP contribution in [0.2, 0.25) is 0 Å². The van der Waals surface area contributed by atoms with E-state index < -0.39 is 0 Å². The molecule has 0 aliphatic rings. The highest BCUT2D eigenvalue weighted by Gasteiger charge is 2.02. The summed E-state index contributed by atoms with van der Waals surface area (Å²) < 4.78 is 1.96. The molecular formula is C11H8N2S. The van der Waals surface area contributed by atoms with E-state index in [4.69, 9.17) is 0 Å². The summed E-state index contributed by atoms with van der Waals surface area (Å²) in [5.74, 6) is 0. The molecule has 68 valence electrons. The quantitative estimate of drug-likeness (QED) is 0.590. The smallest absolute Gasteiger partial charge is 0.0759 e. The van der Waals surface area contributed by atoms with Crippen LogP contribution in [-0.4, -0.2) is 9.78 Å². The van der Waals surface area contributed by atoms with E-state index in [9.17, 15) is 0 Å². The summed E-state index contributed by atoms with van der Waals surface area (Å²) in [7, 11) is 0. The molecule has 3 heteroatoms. The van der Waals surface area contributed by atoms with E-state index in [1.165, 1.54) is 5.39 Å². The SMILES string of the molecule is c1ccc2c(c1)cnn2-c1ccsc1. The predicted molar refractivity (Wildman–Crippen MR) is 58.9 cm³/mol. The Balaban J connectivity index is 2.33. The lowest BCUT2D eigenvalue weighted by molar-refractivity contribution is 0.915. The molecular weight excluding hydrogens is 192 g/mol. The zero-order valence-corrected chi connectivity index (χ0v) is 8.24. The summed E-state index contributed by atoms with van der Waals surface area (Å²) in [6, 6.07) is 10.3. The van der Waals surface area contributed by atoms with Crippen molar-refractivity contribution in [3.05, 3.63) is 47.3 Å². The number of hydrogen-bond donors (Lipinski definition) is 0. The fourth-order valence-corrected chi connectivity index (χ4v) is 2.17. The summed E-state index contributed by atoms with van der Waals surface area (Å²) in [5.41, 5.74) is 2.29. The predicted octanol–water partition coefficient (Wildman–Crippen LogP) is 3.09. The molecule has 0 saturated heterocycles. The molecule has 0 aliphatic carbocycles. The third kappa shape index (κ3) is 1.06. The molecule has 1 aromatic carbocycles. The van der Waals surface area contributed by atoms with Gasteiger partial charge >= 0.3 is 0 Å². The molecule has 0 atom stereocenters. The monoisotopic (exact) mass is 200 g/mol. The lowest BCUT2D eigenvalue weighted by atomic mass is 10.2. The van der Waals surface area contributed by atoms with Gasteiger partial charge in [0.1, 0.15) is 0 Å². The van der Waals surface area contributed by atoms with Crippen molar-refractivity contribution in [1.82, 2.24) is 9.78 Å². The highest BCUT2D eigenvalue weighted by molar-refractivity contribution is 7.08. The van der Waals surface area contributed by atoms with Crippen LogP contribution < -0.4 is 0 Å². The molecule has 0 unspecified atom stereocenters. The second-order valence-electron chi connectivity index (χ2n) is 3.10. The van der Waals surface area contributed by atoms with Gasteiger partial charge in [-0.1, -0.05) is 18.2 Å². The first kappa shape index (κ1) is 7.76. The highest BCUT2D eigenvalue weighted by atomic mass is 32.1. The molecule has 3 rings (SSSR count). The zero-order valence-electron chi connectivity index (χ0n) is 7.42. The lowest BCUT2D eigenvalue weighted by Crippen LogP contribution is -1.92. The molecule has 2 heterocycles. The molecule has 0 radical (unpaired) electrons. The molecule has 0 fully saturated rings. The summed E-state index contributed by atoms with van der Waals surface area (Å²) in [4.78, 5) is 0. The summed E-state index contributed by atoms with van der Waals surface area (Å²) in [6.45, 7) is 0. The second-order valence-corrected chi connectivity index (χ2v) is 3.88. The average Bonchev–Trinajstić information content (AvgIpc) is 2.85. The standard InChI is InChI=1S/C11H8N2S/c1-2-4-11-9(3-1)7-12-13(11)10-5-6-14-8-10/h1-8H. The molecule has 2 nitrogen and oxygen atoms in total. The van der Waals surface area contributed by atoms with Gasteiger partial charge in [0.2, 0.25) is 0 Å². The number of benzene rings is 1. The maximum Gasteiger partial charge on any atom is 0.0759 e. The number of para-hydroxylation sites is 1. The third-order valence-electron chi connectivity index (χ3n) is 2.23. The number of aromatic nitrogens is 2. The van der Waals surface area contributed by atoms with Crippen LogP contribution in [0.4, 0.5) is 0 Å². The highest BCUT2D eigenvalue weighted by Crippen LogP contribution is 2.19. The maximum atomic E-state index is 4.36. The largest absolute Gasteiger partial charge is 0.232 e. The fraction of sp³-hybridized carbons (Fsp3) is 0. The summed E-state index contributed by atoms with van der Waals surface area (Å²) in [5, 5.41) is 9.70. The molecule has 14 heavy (non-hydrogen) atoms. The molecule has 0 spiro atoms. The summed E-state index contributed by atoms with van der Waals surface area (Å²) in [6.07, 6.45) is 1.90. The maximum absolute atomic E-state index is 4.36. The number of thiophene rings is 1. The molecule has 3 aromatic rings. The van der Waals surface area contributed by atoms with Crippen LogP contribution >= 0.6 is 11.3 Å². The lowest BCUT2D eigenvalue weighted by Gasteiger charge is -1.98. The Bertz CT molecular complexity index is 551. The third-order valence-corrected chi connectivity index (χ3v) is 2.90. The first-order chi connectivity index (χ1) is 6.95. The van der Waals surface area contributed by atoms with Gasteiger partial charge in [0.05, 0.1) is 17.4 Å². The molecule has 0 amide bonds. The van der Waals surface area contributed by atoms with Crippen LogP contribution in [0.25, 0.3) is 16.6 Å². The molecule has 2 aromatic heterocycles. The van der Waals surface area contributed by atoms with Crippen LogP contribution in [0.5, 0.6) is 0 Å². The topological polar surface area (TPSA) is 17.8 Å². The fourth-order valence-electron chi connectivity index (χ4n) is 1.56. The Labute approximate surface area is 85.4 Å². The van der Waals surface area contributed by atoms with E-state index in [2.05, 4.69) is 34.1 Å². The van der Waals surface area contributed by atoms with Crippen molar-refractivity contribution in [3.63, 3.8) is 0 Å². The number of fused-ring (bicyclic) bond motifs is 1. The minimum absolute atomic E-state index is 1.14. The van der Waals surface area contributed by atoms with Gasteiger partial charge in [-0.05, 0) is 17.5 Å². The molecule has 0 bridgehead atoms. The Hall–Kier alpha value is -1.61. The Morgan fingerprint density at radius 2 is 2.07 bits per heavy atom. The van der Waals surface area contributed by atoms with E-state index >= 15 is 0 Å². The minimum atomic E-state index is 1.14. The van der Waals surface area contributed by atoms with Gasteiger partial charge < -0.3 is 0 Å². The van der Waals surface area contributed by atoms with Crippen LogP contribution in [0, 0.1) is 0 Å². The first-order valence-electron chi connectivity index (χ1n) is 4.40. The van der Waals surface area contributed by atoms with Crippen molar-refractivity contribution in [2.24, 2.45) is 0 Å². The van der Waals surface area contributed by atoms with Crippen molar-refractivity contribution >= 4 is 22.2 Å². The van der Waals surface area contributed by atoms with Crippen molar-refractivity contribution in [2.75, 3.05) is 0 Å². The van der Waals surface area contributed by atoms with Crippen molar-refractivity contribution in [3.8, 4) is 5.69 Å². The van der Waals surface area contributed by atoms with Crippen LogP contribution in [0.3, 0.4) is 0 Å². The van der Waals surface area contributed by atoms with E-state index in [0.29, 0.717) is 0 Å². The van der Waals surface area contributed by atoms with Gasteiger partial charge in [-0.25, -0.2) is 4.68 Å². The number of hydrogen-bond acceptors (Lipinski definition) is 2. The number of nitrogens with zero attached hydrogens (tertiary/aromatic N) is 2. The van der Waals surface area contributed by atoms with E-state index in [1.54, 1.807) is 11.3 Å². The minimum Gasteiger partial charge on any atom is -0.232 e. The van der Waals surface area contributed by atoms with Gasteiger partial charge in [0.15, 0.2) is 0 Å². The van der Waals surface area contributed by atoms with E-state index in [1.807, 2.05) is 23.0 Å². The van der Waals surface area contributed by atoms with Gasteiger partial charge in [0, 0.05) is 10.8 Å². The molecule has 0 N–H and O–H groups in total. The van der Waals surface area contributed by atoms with Crippen molar-refractivity contribution in [1.29, 1.82) is 0 Å². The Kier molecular flexibility index (Phi) is 1.64. The molecule has 0 aliphatic heterocycles. The normalized spacial score (nSPS) is 10.9. The van der Waals surface area contributed by atoms with Gasteiger partial charge in [-0.3, -0.25) is 0 Å². The van der Waals surface area contributed by atoms with Gasteiger partial charge in [-0.2, -0.15) is 16.4 Å². The van der Waals surface area contributed by atoms with Gasteiger partial charge in [-0.15, -0.1) is 0 Å². The average molecular weight is 200 g/mol. The van der Waals surface area contributed by atoms with E-state index in [-0.39, 0.29) is 0 Å². The number of rotatable bonds is 1.